The molecule has 2 bridgehead atoms. The van der Waals surface area contributed by atoms with Crippen LogP contribution in [0, 0.1) is 16.7 Å². The summed E-state index contributed by atoms with van der Waals surface area (Å²) in [4.78, 5) is 22.9. The molecule has 0 aromatic carbocycles. The van der Waals surface area contributed by atoms with Crippen LogP contribution in [0.3, 0.4) is 0 Å². The van der Waals surface area contributed by atoms with Gasteiger partial charge in [0.15, 0.2) is 0 Å². The predicted molar refractivity (Wildman–Crippen MR) is 136 cm³/mol. The van der Waals surface area contributed by atoms with Crippen LogP contribution < -0.4 is 0 Å². The summed E-state index contributed by atoms with van der Waals surface area (Å²) in [6.07, 6.45) is 21.3. The highest BCUT2D eigenvalue weighted by atomic mass is 16.5. The van der Waals surface area contributed by atoms with Crippen LogP contribution in [-0.4, -0.2) is 17.9 Å². The van der Waals surface area contributed by atoms with Gasteiger partial charge in [0.2, 0.25) is 0 Å². The number of esters is 1. The Labute approximate surface area is 199 Å². The molecule has 3 heteroatoms. The molecule has 2 unspecified atom stereocenters. The van der Waals surface area contributed by atoms with Crippen molar-refractivity contribution in [2.75, 3.05) is 0 Å². The number of ketones is 1. The number of hydrogen-bond donors (Lipinski definition) is 0. The smallest absolute Gasteiger partial charge is 0.306 e. The molecule has 0 spiro atoms. The second-order valence-electron chi connectivity index (χ2n) is 11.4. The Balaban J connectivity index is 0.000000382. The number of hydrogen-bond acceptors (Lipinski definition) is 3. The lowest BCUT2D eigenvalue weighted by atomic mass is 9.70. The number of rotatable bonds is 15. The maximum absolute atomic E-state index is 11.6. The van der Waals surface area contributed by atoms with Crippen LogP contribution in [0.25, 0.3) is 0 Å². The zero-order valence-electron chi connectivity index (χ0n) is 22.4. The van der Waals surface area contributed by atoms with Gasteiger partial charge in [-0.1, -0.05) is 105 Å². The molecule has 2 aliphatic carbocycles. The lowest BCUT2D eigenvalue weighted by Gasteiger charge is -2.32. The van der Waals surface area contributed by atoms with E-state index in [1.165, 1.54) is 83.5 Å². The molecule has 188 valence electrons. The minimum Gasteiger partial charge on any atom is -0.463 e. The normalized spacial score (nSPS) is 23.3. The molecule has 2 fully saturated rings. The van der Waals surface area contributed by atoms with Gasteiger partial charge in [0.05, 0.1) is 6.10 Å². The van der Waals surface area contributed by atoms with Gasteiger partial charge in [-0.2, -0.15) is 0 Å². The third kappa shape index (κ3) is 9.56. The summed E-state index contributed by atoms with van der Waals surface area (Å²) in [5.41, 5.74) is 0.307. The van der Waals surface area contributed by atoms with Crippen LogP contribution in [-0.2, 0) is 14.3 Å². The SMILES string of the molecule is CC12CCC(CC1=O)C2(C)C.CCCCCCCCCCCCCCCC(=O)OC(C)C. The zero-order valence-corrected chi connectivity index (χ0v) is 22.4. The Morgan fingerprint density at radius 2 is 1.34 bits per heavy atom. The molecule has 0 radical (unpaired) electrons. The summed E-state index contributed by atoms with van der Waals surface area (Å²) in [5, 5.41) is 0. The fraction of sp³-hybridized carbons (Fsp3) is 0.931. The first-order valence-electron chi connectivity index (χ1n) is 13.9. The minimum absolute atomic E-state index is 0.0255. The fourth-order valence-corrected chi connectivity index (χ4v) is 5.51. The van der Waals surface area contributed by atoms with Crippen LogP contribution in [0.2, 0.25) is 0 Å². The summed E-state index contributed by atoms with van der Waals surface area (Å²) in [5.74, 6) is 1.16. The summed E-state index contributed by atoms with van der Waals surface area (Å²) in [6.45, 7) is 12.8. The number of unbranched alkanes of at least 4 members (excludes halogenated alkanes) is 12. The summed E-state index contributed by atoms with van der Waals surface area (Å²) < 4.78 is 5.12. The van der Waals surface area contributed by atoms with Crippen molar-refractivity contribution in [2.24, 2.45) is 16.7 Å². The van der Waals surface area contributed by atoms with E-state index in [4.69, 9.17) is 4.74 Å². The molecular weight excluding hydrogens is 396 g/mol. The third-order valence-electron chi connectivity index (χ3n) is 8.33. The molecule has 2 saturated carbocycles. The van der Waals surface area contributed by atoms with E-state index in [1.54, 1.807) is 0 Å². The van der Waals surface area contributed by atoms with Crippen molar-refractivity contribution in [3.05, 3.63) is 0 Å². The Morgan fingerprint density at radius 3 is 1.66 bits per heavy atom. The monoisotopic (exact) mass is 450 g/mol. The highest BCUT2D eigenvalue weighted by molar-refractivity contribution is 5.89. The van der Waals surface area contributed by atoms with Crippen LogP contribution >= 0.6 is 0 Å². The van der Waals surface area contributed by atoms with Crippen molar-refractivity contribution < 1.29 is 14.3 Å². The van der Waals surface area contributed by atoms with Crippen molar-refractivity contribution in [1.29, 1.82) is 0 Å². The lowest BCUT2D eigenvalue weighted by molar-refractivity contribution is -0.147. The van der Waals surface area contributed by atoms with Gasteiger partial charge in [0.25, 0.3) is 0 Å². The molecule has 3 nitrogen and oxygen atoms in total. The highest BCUT2D eigenvalue weighted by Gasteiger charge is 2.61. The first-order valence-corrected chi connectivity index (χ1v) is 13.9. The Bertz CT molecular complexity index is 537. The molecule has 0 heterocycles. The van der Waals surface area contributed by atoms with Crippen LogP contribution in [0.1, 0.15) is 151 Å². The number of carbonyl (C=O) groups excluding carboxylic acids is 2. The average molecular weight is 451 g/mol. The van der Waals surface area contributed by atoms with E-state index in [0.717, 1.165) is 19.3 Å². The standard InChI is InChI=1S/C19H38O2.C10H16O/c1-4-5-6-7-8-9-10-11-12-13-14-15-16-17-19(20)21-18(2)3;1-9(2)7-4-5-10(9,3)8(11)6-7/h18H,4-17H2,1-3H3;7H,4-6H2,1-3H3. The molecule has 0 saturated heterocycles. The van der Waals surface area contributed by atoms with E-state index in [2.05, 4.69) is 27.7 Å². The second kappa shape index (κ2) is 15.1. The molecule has 0 aliphatic heterocycles. The van der Waals surface area contributed by atoms with Gasteiger partial charge in [-0.25, -0.2) is 0 Å². The molecule has 0 aromatic rings. The maximum atomic E-state index is 11.6. The van der Waals surface area contributed by atoms with Crippen molar-refractivity contribution in [1.82, 2.24) is 0 Å². The van der Waals surface area contributed by atoms with E-state index < -0.39 is 0 Å². The van der Waals surface area contributed by atoms with Crippen molar-refractivity contribution in [2.45, 2.75) is 157 Å². The van der Waals surface area contributed by atoms with Gasteiger partial charge in [-0.05, 0) is 44.4 Å². The third-order valence-corrected chi connectivity index (χ3v) is 8.33. The fourth-order valence-electron chi connectivity index (χ4n) is 5.51. The molecule has 0 aromatic heterocycles. The first kappa shape index (κ1) is 29.2. The highest BCUT2D eigenvalue weighted by Crippen LogP contribution is 2.63. The number of carbonyl (C=O) groups is 2. The molecule has 2 aliphatic rings. The maximum Gasteiger partial charge on any atom is 0.306 e. The molecule has 2 atom stereocenters. The Hall–Kier alpha value is -0.860. The number of fused-ring (bicyclic) bond motifs is 2. The molecule has 2 rings (SSSR count). The largest absolute Gasteiger partial charge is 0.463 e. The van der Waals surface area contributed by atoms with E-state index >= 15 is 0 Å². The average Bonchev–Trinajstić information content (AvgIpc) is 3.04. The van der Waals surface area contributed by atoms with E-state index in [9.17, 15) is 9.59 Å². The molecule has 0 N–H and O–H groups in total. The van der Waals surface area contributed by atoms with Gasteiger partial charge in [-0.3, -0.25) is 9.59 Å². The van der Waals surface area contributed by atoms with Gasteiger partial charge >= 0.3 is 5.97 Å². The quantitative estimate of drug-likeness (QED) is 0.185. The van der Waals surface area contributed by atoms with Gasteiger partial charge in [-0.15, -0.1) is 0 Å². The second-order valence-corrected chi connectivity index (χ2v) is 11.4. The van der Waals surface area contributed by atoms with Crippen molar-refractivity contribution in [3.8, 4) is 0 Å². The van der Waals surface area contributed by atoms with Crippen LogP contribution in [0.5, 0.6) is 0 Å². The van der Waals surface area contributed by atoms with E-state index in [0.29, 0.717) is 18.1 Å². The first-order chi connectivity index (χ1) is 15.1. The number of ether oxygens (including phenoxy) is 1. The summed E-state index contributed by atoms with van der Waals surface area (Å²) >= 11 is 0. The van der Waals surface area contributed by atoms with Crippen LogP contribution in [0.4, 0.5) is 0 Å². The number of Topliss-reactive ketones (excluding diaryl/α,β-unsaturated/α-hetero) is 1. The molecular formula is C29H54O3. The van der Waals surface area contributed by atoms with E-state index in [1.807, 2.05) is 13.8 Å². The summed E-state index contributed by atoms with van der Waals surface area (Å²) in [7, 11) is 0. The zero-order chi connectivity index (χ0) is 24.0. The molecule has 0 amide bonds. The van der Waals surface area contributed by atoms with Gasteiger partial charge < -0.3 is 4.74 Å². The van der Waals surface area contributed by atoms with E-state index in [-0.39, 0.29) is 22.9 Å². The van der Waals surface area contributed by atoms with Crippen molar-refractivity contribution in [3.63, 3.8) is 0 Å². The van der Waals surface area contributed by atoms with Gasteiger partial charge in [0.1, 0.15) is 5.78 Å². The minimum atomic E-state index is -0.0342. The summed E-state index contributed by atoms with van der Waals surface area (Å²) in [6, 6.07) is 0. The Morgan fingerprint density at radius 1 is 0.875 bits per heavy atom. The lowest BCUT2D eigenvalue weighted by Crippen LogP contribution is -2.32. The van der Waals surface area contributed by atoms with Gasteiger partial charge in [0, 0.05) is 18.3 Å². The predicted octanol–water partition coefficient (Wildman–Crippen LogP) is 8.82. The molecule has 32 heavy (non-hydrogen) atoms. The van der Waals surface area contributed by atoms with Crippen molar-refractivity contribution >= 4 is 11.8 Å². The Kier molecular flexibility index (Phi) is 13.8. The van der Waals surface area contributed by atoms with Crippen LogP contribution in [0.15, 0.2) is 0 Å². The topological polar surface area (TPSA) is 43.4 Å².